The molecule has 9 heteroatoms. The van der Waals surface area contributed by atoms with E-state index < -0.39 is 35.7 Å². The summed E-state index contributed by atoms with van der Waals surface area (Å²) in [5.74, 6) is -0.883. The molecule has 2 N–H and O–H groups in total. The van der Waals surface area contributed by atoms with E-state index in [1.165, 1.54) is 19.2 Å². The van der Waals surface area contributed by atoms with E-state index in [0.29, 0.717) is 21.3 Å². The highest BCUT2D eigenvalue weighted by Crippen LogP contribution is 2.29. The number of ether oxygens (including phenoxy) is 1. The number of halogens is 2. The average Bonchev–Trinajstić information content (AvgIpc) is 2.90. The molecule has 1 atom stereocenters. The fraction of sp³-hybridized carbons (Fsp3) is 0.250. The van der Waals surface area contributed by atoms with Crippen LogP contribution >= 0.6 is 15.9 Å². The minimum Gasteiger partial charge on any atom is -0.497 e. The van der Waals surface area contributed by atoms with Gasteiger partial charge in [0.15, 0.2) is 0 Å². The molecule has 0 aromatic heterocycles. The van der Waals surface area contributed by atoms with Gasteiger partial charge in [-0.05, 0) is 48.4 Å². The summed E-state index contributed by atoms with van der Waals surface area (Å²) in [4.78, 5) is 38.3. The molecule has 7 nitrogen and oxygen atoms in total. The van der Waals surface area contributed by atoms with Crippen molar-refractivity contribution >= 4 is 33.8 Å². The number of imide groups is 1. The molecule has 4 amide bonds. The molecular formula is C20H19BrFN3O4. The lowest BCUT2D eigenvalue weighted by Crippen LogP contribution is -2.43. The third-order valence-corrected chi connectivity index (χ3v) is 5.11. The highest BCUT2D eigenvalue weighted by Gasteiger charge is 2.49. The van der Waals surface area contributed by atoms with Gasteiger partial charge in [0.05, 0.1) is 7.11 Å². The van der Waals surface area contributed by atoms with Gasteiger partial charge < -0.3 is 15.4 Å². The van der Waals surface area contributed by atoms with Crippen molar-refractivity contribution in [3.05, 3.63) is 63.9 Å². The van der Waals surface area contributed by atoms with Crippen LogP contribution < -0.4 is 15.4 Å². The van der Waals surface area contributed by atoms with Crippen molar-refractivity contribution in [3.63, 3.8) is 0 Å². The Morgan fingerprint density at radius 2 is 1.93 bits per heavy atom. The first-order valence-corrected chi connectivity index (χ1v) is 9.52. The average molecular weight is 464 g/mol. The topological polar surface area (TPSA) is 87.7 Å². The fourth-order valence-electron chi connectivity index (χ4n) is 3.07. The Morgan fingerprint density at radius 3 is 2.55 bits per heavy atom. The molecule has 2 aromatic rings. The van der Waals surface area contributed by atoms with E-state index in [-0.39, 0.29) is 6.54 Å². The van der Waals surface area contributed by atoms with Crippen molar-refractivity contribution in [2.24, 2.45) is 0 Å². The van der Waals surface area contributed by atoms with Crippen LogP contribution in [0.5, 0.6) is 5.75 Å². The maximum Gasteiger partial charge on any atom is 0.325 e. The summed E-state index contributed by atoms with van der Waals surface area (Å²) in [5, 5.41) is 5.23. The molecule has 1 unspecified atom stereocenters. The van der Waals surface area contributed by atoms with E-state index in [0.717, 1.165) is 4.90 Å². The van der Waals surface area contributed by atoms with Gasteiger partial charge in [-0.1, -0.05) is 28.1 Å². The van der Waals surface area contributed by atoms with Crippen molar-refractivity contribution in [3.8, 4) is 5.75 Å². The zero-order valence-electron chi connectivity index (χ0n) is 15.8. The predicted molar refractivity (Wildman–Crippen MR) is 107 cm³/mol. The Morgan fingerprint density at radius 1 is 1.24 bits per heavy atom. The normalized spacial score (nSPS) is 18.6. The van der Waals surface area contributed by atoms with E-state index in [2.05, 4.69) is 26.6 Å². The molecule has 1 aliphatic rings. The quantitative estimate of drug-likeness (QED) is 0.644. The van der Waals surface area contributed by atoms with E-state index in [4.69, 9.17) is 4.74 Å². The number of amides is 4. The number of rotatable bonds is 6. The van der Waals surface area contributed by atoms with E-state index >= 15 is 0 Å². The largest absolute Gasteiger partial charge is 0.497 e. The minimum absolute atomic E-state index is 0.0641. The minimum atomic E-state index is -1.28. The Labute approximate surface area is 175 Å². The molecule has 1 aliphatic heterocycles. The molecule has 29 heavy (non-hydrogen) atoms. The molecular weight excluding hydrogens is 445 g/mol. The fourth-order valence-corrected chi connectivity index (χ4v) is 3.59. The van der Waals surface area contributed by atoms with Gasteiger partial charge >= 0.3 is 6.03 Å². The summed E-state index contributed by atoms with van der Waals surface area (Å²) in [7, 11) is 1.53. The second kappa shape index (κ2) is 8.20. The molecule has 0 bridgehead atoms. The van der Waals surface area contributed by atoms with Crippen LogP contribution in [-0.2, 0) is 21.7 Å². The zero-order valence-corrected chi connectivity index (χ0v) is 17.4. The van der Waals surface area contributed by atoms with Crippen LogP contribution in [-0.4, -0.2) is 36.4 Å². The summed E-state index contributed by atoms with van der Waals surface area (Å²) in [6.45, 7) is 1.21. The summed E-state index contributed by atoms with van der Waals surface area (Å²) >= 11 is 3.18. The molecule has 3 rings (SSSR count). The van der Waals surface area contributed by atoms with Crippen LogP contribution in [0.2, 0.25) is 0 Å². The lowest BCUT2D eigenvalue weighted by molar-refractivity contribution is -0.134. The smallest absolute Gasteiger partial charge is 0.325 e. The number of methoxy groups -OCH3 is 1. The Bertz CT molecular complexity index is 946. The first kappa shape index (κ1) is 20.8. The monoisotopic (exact) mass is 463 g/mol. The van der Waals surface area contributed by atoms with Crippen LogP contribution in [0, 0.1) is 5.82 Å². The third kappa shape index (κ3) is 4.40. The van der Waals surface area contributed by atoms with Crippen LogP contribution in [0.1, 0.15) is 18.1 Å². The number of carbonyl (C=O) groups excluding carboxylic acids is 3. The van der Waals surface area contributed by atoms with Crippen molar-refractivity contribution in [1.82, 2.24) is 15.5 Å². The van der Waals surface area contributed by atoms with Gasteiger partial charge in [0.2, 0.25) is 5.91 Å². The maximum absolute atomic E-state index is 13.4. The first-order valence-electron chi connectivity index (χ1n) is 8.73. The van der Waals surface area contributed by atoms with Gasteiger partial charge in [-0.3, -0.25) is 14.5 Å². The summed E-state index contributed by atoms with van der Waals surface area (Å²) in [6.07, 6.45) is 0. The molecule has 1 saturated heterocycles. The van der Waals surface area contributed by atoms with Crippen LogP contribution in [0.25, 0.3) is 0 Å². The molecule has 0 spiro atoms. The number of nitrogens with one attached hydrogen (secondary N) is 2. The second-order valence-corrected chi connectivity index (χ2v) is 7.65. The number of nitrogens with zero attached hydrogens (tertiary/aromatic N) is 1. The summed E-state index contributed by atoms with van der Waals surface area (Å²) < 4.78 is 19.1. The maximum atomic E-state index is 13.4. The van der Waals surface area contributed by atoms with Gasteiger partial charge in [-0.2, -0.15) is 0 Å². The number of hydrogen-bond acceptors (Lipinski definition) is 4. The lowest BCUT2D eigenvalue weighted by atomic mass is 9.92. The van der Waals surface area contributed by atoms with E-state index in [1.807, 2.05) is 0 Å². The van der Waals surface area contributed by atoms with Crippen molar-refractivity contribution in [2.45, 2.75) is 19.0 Å². The number of urea groups is 1. The van der Waals surface area contributed by atoms with Crippen molar-refractivity contribution in [2.75, 3.05) is 13.7 Å². The predicted octanol–water partition coefficient (Wildman–Crippen LogP) is 2.68. The van der Waals surface area contributed by atoms with Crippen molar-refractivity contribution < 1.29 is 23.5 Å². The lowest BCUT2D eigenvalue weighted by Gasteiger charge is -2.22. The molecule has 1 heterocycles. The molecule has 0 aliphatic carbocycles. The van der Waals surface area contributed by atoms with Gasteiger partial charge in [0.25, 0.3) is 5.91 Å². The van der Waals surface area contributed by atoms with Gasteiger partial charge in [-0.15, -0.1) is 0 Å². The first-order chi connectivity index (χ1) is 13.7. The Balaban J connectivity index is 1.66. The zero-order chi connectivity index (χ0) is 21.2. The van der Waals surface area contributed by atoms with Crippen LogP contribution in [0.15, 0.2) is 46.9 Å². The Kier molecular flexibility index (Phi) is 5.88. The SMILES string of the molecule is COc1ccc(C2(C)NC(=O)N(CC(=O)NCc3cc(F)cc(Br)c3)C2=O)cc1. The Hall–Kier alpha value is -2.94. The van der Waals surface area contributed by atoms with Gasteiger partial charge in [-0.25, -0.2) is 9.18 Å². The standard InChI is InChI=1S/C20H19BrFN3O4/c1-20(13-3-5-16(29-2)6-4-13)18(27)25(19(28)24-20)11-17(26)23-10-12-7-14(21)9-15(22)8-12/h3-9H,10-11H2,1-2H3,(H,23,26)(H,24,28). The highest BCUT2D eigenvalue weighted by molar-refractivity contribution is 9.10. The summed E-state index contributed by atoms with van der Waals surface area (Å²) in [6, 6.07) is 10.3. The van der Waals surface area contributed by atoms with Gasteiger partial charge in [0, 0.05) is 11.0 Å². The molecule has 152 valence electrons. The molecule has 0 radical (unpaired) electrons. The number of carbonyl (C=O) groups is 3. The van der Waals surface area contributed by atoms with E-state index in [1.54, 1.807) is 37.3 Å². The summed E-state index contributed by atoms with van der Waals surface area (Å²) in [5.41, 5.74) is -0.161. The number of hydrogen-bond donors (Lipinski definition) is 2. The van der Waals surface area contributed by atoms with Crippen molar-refractivity contribution in [1.29, 1.82) is 0 Å². The molecule has 1 fully saturated rings. The highest BCUT2D eigenvalue weighted by atomic mass is 79.9. The molecule has 2 aromatic carbocycles. The van der Waals surface area contributed by atoms with Crippen LogP contribution in [0.3, 0.4) is 0 Å². The van der Waals surface area contributed by atoms with E-state index in [9.17, 15) is 18.8 Å². The van der Waals surface area contributed by atoms with Crippen LogP contribution in [0.4, 0.5) is 9.18 Å². The van der Waals surface area contributed by atoms with Gasteiger partial charge in [0.1, 0.15) is 23.7 Å². The second-order valence-electron chi connectivity index (χ2n) is 6.73. The molecule has 0 saturated carbocycles. The third-order valence-electron chi connectivity index (χ3n) is 4.66. The number of benzene rings is 2.